The predicted molar refractivity (Wildman–Crippen MR) is 147 cm³/mol. The zero-order valence-electron chi connectivity index (χ0n) is 20.9. The van der Waals surface area contributed by atoms with Crippen molar-refractivity contribution < 1.29 is 46.9 Å². The summed E-state index contributed by atoms with van der Waals surface area (Å²) in [7, 11) is 0. The van der Waals surface area contributed by atoms with Crippen molar-refractivity contribution in [2.24, 2.45) is 11.7 Å². The number of thioether (sulfide) groups is 1. The summed E-state index contributed by atoms with van der Waals surface area (Å²) in [6.45, 7) is 1.56. The van der Waals surface area contributed by atoms with Gasteiger partial charge in [0, 0.05) is 18.5 Å². The molecule has 0 bridgehead atoms. The van der Waals surface area contributed by atoms with Crippen LogP contribution in [0.2, 0.25) is 0 Å². The second kappa shape index (κ2) is 18.6. The van der Waals surface area contributed by atoms with Crippen LogP contribution in [0.25, 0.3) is 0 Å². The smallest absolute Gasteiger partial charge is 0.475 e. The van der Waals surface area contributed by atoms with Crippen molar-refractivity contribution in [3.63, 3.8) is 0 Å². The minimum atomic E-state index is -5.08. The fraction of sp³-hybridized carbons (Fsp3) is 0.636. The average Bonchev–Trinajstić information content (AvgIpc) is 3.33. The number of carbonyl (C=O) groups excluding carboxylic acids is 3. The van der Waals surface area contributed by atoms with E-state index < -0.39 is 40.7 Å². The van der Waals surface area contributed by atoms with Crippen molar-refractivity contribution in [3.05, 3.63) is 22.4 Å². The van der Waals surface area contributed by atoms with Crippen LogP contribution in [0.3, 0.4) is 0 Å². The number of carbonyl (C=O) groups is 4. The van der Waals surface area contributed by atoms with Crippen LogP contribution >= 0.6 is 48.4 Å². The Morgan fingerprint density at radius 1 is 1.21 bits per heavy atom. The molecular formula is C22H33F3N2O7S4. The van der Waals surface area contributed by atoms with Crippen LogP contribution < -0.4 is 11.1 Å². The van der Waals surface area contributed by atoms with E-state index in [9.17, 15) is 27.6 Å². The lowest BCUT2D eigenvalue weighted by Crippen LogP contribution is -2.44. The van der Waals surface area contributed by atoms with E-state index in [0.29, 0.717) is 12.8 Å². The highest BCUT2D eigenvalue weighted by Crippen LogP contribution is 2.34. The number of ether oxygens (including phenoxy) is 2. The number of thiophene rings is 1. The number of carboxylic acids is 1. The first-order valence-corrected chi connectivity index (χ1v) is 14.5. The fourth-order valence-corrected chi connectivity index (χ4v) is 4.66. The lowest BCUT2D eigenvalue weighted by atomic mass is 9.92. The molecule has 1 aromatic heterocycles. The quantitative estimate of drug-likeness (QED) is 0.113. The molecule has 1 heterocycles. The maximum atomic E-state index is 12.9. The zero-order chi connectivity index (χ0) is 29.4. The molecule has 4 N–H and O–H groups in total. The topological polar surface area (TPSA) is 145 Å². The Morgan fingerprint density at radius 2 is 1.84 bits per heavy atom. The lowest BCUT2D eigenvalue weighted by Gasteiger charge is -2.33. The number of hydrogen-bond acceptors (Lipinski definition) is 11. The number of hydrogen-bond donors (Lipinski definition) is 5. The van der Waals surface area contributed by atoms with Crippen LogP contribution in [0.5, 0.6) is 0 Å². The largest absolute Gasteiger partial charge is 0.490 e. The summed E-state index contributed by atoms with van der Waals surface area (Å²) in [6.07, 6.45) is -1.47. The molecule has 0 aliphatic carbocycles. The third-order valence-electron chi connectivity index (χ3n) is 4.73. The Labute approximate surface area is 238 Å². The summed E-state index contributed by atoms with van der Waals surface area (Å²) in [6, 6.07) is 1.70. The summed E-state index contributed by atoms with van der Waals surface area (Å²) in [5, 5.41) is 13.9. The van der Waals surface area contributed by atoms with Crippen LogP contribution in [-0.2, 0) is 35.1 Å². The monoisotopic (exact) mass is 622 g/mol. The molecule has 1 aromatic rings. The number of carboxylic acid groups (broad SMARTS) is 1. The standard InChI is InChI=1S/C20H32N2O5S4.C2HF3O2/c1-3-26-18(24)12-27-17(23)4-7-22-19(25)15(10-14-5-9-31-13-14)11-20(28,29)16(21)6-8-30-2;3-2(4,5)1(6)7/h5,9,13,15-16,28-29H,3-4,6-8,10-12,21H2,1-2H3,(H,22,25);(H,6,7). The number of nitrogens with one attached hydrogen (secondary N) is 1. The molecule has 0 saturated heterocycles. The molecule has 1 amide bonds. The van der Waals surface area contributed by atoms with Gasteiger partial charge in [-0.15, -0.1) is 0 Å². The van der Waals surface area contributed by atoms with Crippen molar-refractivity contribution in [1.82, 2.24) is 5.32 Å². The molecule has 1 rings (SSSR count). The first kappa shape index (κ1) is 36.4. The van der Waals surface area contributed by atoms with Crippen molar-refractivity contribution in [2.45, 2.75) is 48.9 Å². The summed E-state index contributed by atoms with van der Waals surface area (Å²) in [5.74, 6) is -3.66. The number of amides is 1. The number of rotatable bonds is 15. The molecule has 0 spiro atoms. The van der Waals surface area contributed by atoms with Gasteiger partial charge in [-0.25, -0.2) is 9.59 Å². The molecule has 2 atom stereocenters. The van der Waals surface area contributed by atoms with Crippen molar-refractivity contribution in [1.29, 1.82) is 0 Å². The van der Waals surface area contributed by atoms with Gasteiger partial charge >= 0.3 is 24.1 Å². The van der Waals surface area contributed by atoms with Gasteiger partial charge in [-0.2, -0.15) is 61.5 Å². The van der Waals surface area contributed by atoms with Crippen LogP contribution in [0, 0.1) is 5.92 Å². The highest BCUT2D eigenvalue weighted by Gasteiger charge is 2.38. The van der Waals surface area contributed by atoms with E-state index in [2.05, 4.69) is 30.6 Å². The Kier molecular flexibility index (Phi) is 17.8. The minimum Gasteiger partial charge on any atom is -0.475 e. The first-order valence-electron chi connectivity index (χ1n) is 11.2. The van der Waals surface area contributed by atoms with Gasteiger partial charge in [0.15, 0.2) is 6.61 Å². The third-order valence-corrected chi connectivity index (χ3v) is 7.14. The highest BCUT2D eigenvalue weighted by molar-refractivity contribution is 8.00. The van der Waals surface area contributed by atoms with Gasteiger partial charge < -0.3 is 25.6 Å². The third kappa shape index (κ3) is 16.4. The van der Waals surface area contributed by atoms with Gasteiger partial charge in [-0.1, -0.05) is 0 Å². The Morgan fingerprint density at radius 3 is 2.34 bits per heavy atom. The van der Waals surface area contributed by atoms with E-state index in [1.165, 1.54) is 0 Å². The fourth-order valence-electron chi connectivity index (χ4n) is 2.79. The van der Waals surface area contributed by atoms with Crippen LogP contribution in [-0.4, -0.2) is 77.0 Å². The van der Waals surface area contributed by atoms with Gasteiger partial charge in [-0.3, -0.25) is 9.59 Å². The van der Waals surface area contributed by atoms with E-state index in [1.807, 2.05) is 23.1 Å². The minimum absolute atomic E-state index is 0.0452. The molecule has 38 heavy (non-hydrogen) atoms. The average molecular weight is 623 g/mol. The van der Waals surface area contributed by atoms with E-state index in [4.69, 9.17) is 25.1 Å². The van der Waals surface area contributed by atoms with E-state index in [0.717, 1.165) is 17.7 Å². The van der Waals surface area contributed by atoms with E-state index >= 15 is 0 Å². The maximum Gasteiger partial charge on any atom is 0.490 e. The van der Waals surface area contributed by atoms with Crippen molar-refractivity contribution in [2.75, 3.05) is 31.8 Å². The molecule has 0 aliphatic rings. The Bertz CT molecular complexity index is 872. The summed E-state index contributed by atoms with van der Waals surface area (Å²) < 4.78 is 40.4. The second-order valence-corrected chi connectivity index (χ2v) is 11.5. The highest BCUT2D eigenvalue weighted by atomic mass is 32.2. The van der Waals surface area contributed by atoms with Crippen LogP contribution in [0.1, 0.15) is 31.7 Å². The molecular weight excluding hydrogens is 590 g/mol. The first-order chi connectivity index (χ1) is 17.6. The molecule has 0 fully saturated rings. The summed E-state index contributed by atoms with van der Waals surface area (Å²) >= 11 is 12.6. The van der Waals surface area contributed by atoms with Gasteiger partial charge in [0.1, 0.15) is 0 Å². The number of thiol groups is 2. The lowest BCUT2D eigenvalue weighted by molar-refractivity contribution is -0.192. The van der Waals surface area contributed by atoms with Gasteiger partial charge in [0.25, 0.3) is 0 Å². The van der Waals surface area contributed by atoms with Crippen molar-refractivity contribution in [3.8, 4) is 0 Å². The molecule has 16 heteroatoms. The molecule has 218 valence electrons. The molecule has 0 radical (unpaired) electrons. The maximum absolute atomic E-state index is 12.9. The Hall–Kier alpha value is -1.62. The van der Waals surface area contributed by atoms with E-state index in [-0.39, 0.29) is 31.5 Å². The van der Waals surface area contributed by atoms with Gasteiger partial charge in [0.2, 0.25) is 5.91 Å². The number of halogens is 3. The van der Waals surface area contributed by atoms with Crippen LogP contribution in [0.4, 0.5) is 13.2 Å². The molecule has 0 aliphatic heterocycles. The summed E-state index contributed by atoms with van der Waals surface area (Å²) in [4.78, 5) is 44.8. The molecule has 9 nitrogen and oxygen atoms in total. The zero-order valence-corrected chi connectivity index (χ0v) is 24.3. The second-order valence-electron chi connectivity index (χ2n) is 7.81. The van der Waals surface area contributed by atoms with Gasteiger partial charge in [-0.05, 0) is 60.6 Å². The van der Waals surface area contributed by atoms with Crippen LogP contribution in [0.15, 0.2) is 16.8 Å². The normalized spacial score (nSPS) is 12.9. The number of esters is 2. The number of nitrogens with two attached hydrogens (primary N) is 1. The SMILES string of the molecule is CCOC(=O)COC(=O)CCNC(=O)C(Cc1ccsc1)CC(S)(S)C(N)CCSC.O=C(O)C(F)(F)F. The molecule has 0 saturated carbocycles. The van der Waals surface area contributed by atoms with Crippen molar-refractivity contribution >= 4 is 72.2 Å². The summed E-state index contributed by atoms with van der Waals surface area (Å²) in [5.41, 5.74) is 7.33. The molecule has 2 unspecified atom stereocenters. The number of aliphatic carboxylic acids is 1. The predicted octanol–water partition coefficient (Wildman–Crippen LogP) is 3.18. The van der Waals surface area contributed by atoms with E-state index in [1.54, 1.807) is 30.0 Å². The number of alkyl halides is 3. The molecule has 0 aromatic carbocycles. The van der Waals surface area contributed by atoms with Gasteiger partial charge in [0.05, 0.1) is 17.1 Å². The Balaban J connectivity index is 0.00000171.